The normalized spacial score (nSPS) is 12.7. The Morgan fingerprint density at radius 1 is 1.33 bits per heavy atom. The molecule has 0 amide bonds. The summed E-state index contributed by atoms with van der Waals surface area (Å²) in [5, 5.41) is 9.60. The molecule has 102 valence electrons. The maximum absolute atomic E-state index is 9.60. The lowest BCUT2D eigenvalue weighted by Crippen LogP contribution is -2.30. The van der Waals surface area contributed by atoms with E-state index in [1.165, 1.54) is 0 Å². The maximum atomic E-state index is 9.60. The number of phenolic OH excluding ortho intramolecular Hbond substituents is 1. The minimum Gasteiger partial charge on any atom is -0.504 e. The molecule has 1 rings (SSSR count). The average Bonchev–Trinajstić information content (AvgIpc) is 2.40. The van der Waals surface area contributed by atoms with E-state index in [0.717, 1.165) is 18.7 Å². The zero-order chi connectivity index (χ0) is 13.5. The molecule has 1 aromatic carbocycles. The van der Waals surface area contributed by atoms with E-state index < -0.39 is 0 Å². The van der Waals surface area contributed by atoms with Crippen molar-refractivity contribution in [2.45, 2.75) is 19.9 Å². The number of hydrogen-bond acceptors (Lipinski definition) is 4. The summed E-state index contributed by atoms with van der Waals surface area (Å²) in [4.78, 5) is 2.31. The fourth-order valence-electron chi connectivity index (χ4n) is 2.00. The second kappa shape index (κ2) is 7.24. The highest BCUT2D eigenvalue weighted by molar-refractivity contribution is 5.42. The van der Waals surface area contributed by atoms with E-state index in [-0.39, 0.29) is 11.8 Å². The summed E-state index contributed by atoms with van der Waals surface area (Å²) >= 11 is 0. The third-order valence-corrected chi connectivity index (χ3v) is 3.22. The number of nitrogens with zero attached hydrogens (tertiary/aromatic N) is 1. The Kier molecular flexibility index (Phi) is 5.95. The molecule has 0 saturated heterocycles. The van der Waals surface area contributed by atoms with Crippen molar-refractivity contribution in [3.63, 3.8) is 0 Å². The first kappa shape index (κ1) is 14.8. The standard InChI is InChI=1S/C14H23NO3/c1-5-15(8-9-17-3)11(2)12-6-7-13(16)14(10-12)18-4/h6-7,10-11,16H,5,8-9H2,1-4H3. The van der Waals surface area contributed by atoms with Crippen molar-refractivity contribution in [3.8, 4) is 11.5 Å². The van der Waals surface area contributed by atoms with Crippen LogP contribution in [0.15, 0.2) is 18.2 Å². The molecule has 0 spiro atoms. The van der Waals surface area contributed by atoms with Gasteiger partial charge in [-0.2, -0.15) is 0 Å². The highest BCUT2D eigenvalue weighted by atomic mass is 16.5. The molecule has 0 saturated carbocycles. The summed E-state index contributed by atoms with van der Waals surface area (Å²) in [7, 11) is 3.27. The number of likely N-dealkylation sites (N-methyl/N-ethyl adjacent to an activating group) is 1. The van der Waals surface area contributed by atoms with Crippen molar-refractivity contribution in [2.24, 2.45) is 0 Å². The van der Waals surface area contributed by atoms with Crippen LogP contribution in [0.3, 0.4) is 0 Å². The summed E-state index contributed by atoms with van der Waals surface area (Å²) in [6.07, 6.45) is 0. The Labute approximate surface area is 109 Å². The minimum absolute atomic E-state index is 0.174. The van der Waals surface area contributed by atoms with Gasteiger partial charge in [0.25, 0.3) is 0 Å². The van der Waals surface area contributed by atoms with Crippen LogP contribution in [0, 0.1) is 0 Å². The van der Waals surface area contributed by atoms with E-state index in [1.807, 2.05) is 12.1 Å². The monoisotopic (exact) mass is 253 g/mol. The lowest BCUT2D eigenvalue weighted by molar-refractivity contribution is 0.129. The van der Waals surface area contributed by atoms with Crippen LogP contribution in [0.2, 0.25) is 0 Å². The van der Waals surface area contributed by atoms with Crippen molar-refractivity contribution in [1.82, 2.24) is 4.90 Å². The first-order valence-corrected chi connectivity index (χ1v) is 6.23. The number of ether oxygens (including phenoxy) is 2. The third-order valence-electron chi connectivity index (χ3n) is 3.22. The van der Waals surface area contributed by atoms with Gasteiger partial charge in [-0.25, -0.2) is 0 Å². The quantitative estimate of drug-likeness (QED) is 0.810. The van der Waals surface area contributed by atoms with E-state index in [9.17, 15) is 5.11 Å². The Hall–Kier alpha value is -1.26. The number of benzene rings is 1. The van der Waals surface area contributed by atoms with Gasteiger partial charge in [0.05, 0.1) is 13.7 Å². The molecule has 1 unspecified atom stereocenters. The summed E-state index contributed by atoms with van der Waals surface area (Å²) in [5.41, 5.74) is 1.13. The summed E-state index contributed by atoms with van der Waals surface area (Å²) in [6, 6.07) is 5.75. The fraction of sp³-hybridized carbons (Fsp3) is 0.571. The number of hydrogen-bond donors (Lipinski definition) is 1. The van der Waals surface area contributed by atoms with Crippen LogP contribution >= 0.6 is 0 Å². The molecule has 0 aromatic heterocycles. The molecule has 1 aromatic rings. The van der Waals surface area contributed by atoms with Gasteiger partial charge in [0.1, 0.15) is 0 Å². The highest BCUT2D eigenvalue weighted by Gasteiger charge is 2.15. The smallest absolute Gasteiger partial charge is 0.160 e. The molecule has 4 heteroatoms. The van der Waals surface area contributed by atoms with Crippen LogP contribution in [-0.2, 0) is 4.74 Å². The van der Waals surface area contributed by atoms with Crippen LogP contribution in [0.5, 0.6) is 11.5 Å². The molecule has 1 N–H and O–H groups in total. The van der Waals surface area contributed by atoms with E-state index in [4.69, 9.17) is 9.47 Å². The van der Waals surface area contributed by atoms with Gasteiger partial charge in [-0.15, -0.1) is 0 Å². The van der Waals surface area contributed by atoms with Gasteiger partial charge in [0.2, 0.25) is 0 Å². The van der Waals surface area contributed by atoms with Gasteiger partial charge >= 0.3 is 0 Å². The van der Waals surface area contributed by atoms with Crippen LogP contribution in [0.1, 0.15) is 25.5 Å². The molecule has 4 nitrogen and oxygen atoms in total. The van der Waals surface area contributed by atoms with E-state index >= 15 is 0 Å². The van der Waals surface area contributed by atoms with E-state index in [2.05, 4.69) is 18.7 Å². The zero-order valence-electron chi connectivity index (χ0n) is 11.6. The Balaban J connectivity index is 2.83. The molecular formula is C14H23NO3. The molecule has 0 radical (unpaired) electrons. The van der Waals surface area contributed by atoms with Crippen LogP contribution in [0.25, 0.3) is 0 Å². The Morgan fingerprint density at radius 2 is 2.06 bits per heavy atom. The molecule has 1 atom stereocenters. The number of methoxy groups -OCH3 is 2. The Morgan fingerprint density at radius 3 is 2.61 bits per heavy atom. The molecule has 0 aliphatic heterocycles. The Bertz CT molecular complexity index is 368. The molecule has 0 aliphatic carbocycles. The second-order valence-corrected chi connectivity index (χ2v) is 4.23. The van der Waals surface area contributed by atoms with Gasteiger partial charge in [-0.05, 0) is 31.2 Å². The predicted octanol–water partition coefficient (Wildman–Crippen LogP) is 2.43. The maximum Gasteiger partial charge on any atom is 0.160 e. The molecule has 0 fully saturated rings. The predicted molar refractivity (Wildman–Crippen MR) is 72.2 cm³/mol. The van der Waals surface area contributed by atoms with Crippen molar-refractivity contribution in [3.05, 3.63) is 23.8 Å². The van der Waals surface area contributed by atoms with Crippen LogP contribution in [0.4, 0.5) is 0 Å². The van der Waals surface area contributed by atoms with Gasteiger partial charge in [0, 0.05) is 19.7 Å². The van der Waals surface area contributed by atoms with Crippen molar-refractivity contribution in [2.75, 3.05) is 33.9 Å². The van der Waals surface area contributed by atoms with Gasteiger partial charge in [-0.1, -0.05) is 13.0 Å². The number of aromatic hydroxyl groups is 1. The number of phenols is 1. The zero-order valence-corrected chi connectivity index (χ0v) is 11.6. The van der Waals surface area contributed by atoms with Crippen LogP contribution < -0.4 is 4.74 Å². The van der Waals surface area contributed by atoms with Gasteiger partial charge in [0.15, 0.2) is 11.5 Å². The third kappa shape index (κ3) is 3.62. The van der Waals surface area contributed by atoms with Gasteiger partial charge < -0.3 is 14.6 Å². The average molecular weight is 253 g/mol. The van der Waals surface area contributed by atoms with E-state index in [1.54, 1.807) is 20.3 Å². The first-order chi connectivity index (χ1) is 8.63. The summed E-state index contributed by atoms with van der Waals surface area (Å²) < 4.78 is 10.3. The largest absolute Gasteiger partial charge is 0.504 e. The topological polar surface area (TPSA) is 41.9 Å². The summed E-state index contributed by atoms with van der Waals surface area (Å²) in [5.74, 6) is 0.690. The van der Waals surface area contributed by atoms with Crippen molar-refractivity contribution < 1.29 is 14.6 Å². The molecule has 0 heterocycles. The lowest BCUT2D eigenvalue weighted by Gasteiger charge is -2.28. The fourth-order valence-corrected chi connectivity index (χ4v) is 2.00. The first-order valence-electron chi connectivity index (χ1n) is 6.23. The minimum atomic E-state index is 0.174. The summed E-state index contributed by atoms with van der Waals surface area (Å²) in [6.45, 7) is 6.83. The molecule has 18 heavy (non-hydrogen) atoms. The second-order valence-electron chi connectivity index (χ2n) is 4.23. The van der Waals surface area contributed by atoms with Crippen LogP contribution in [-0.4, -0.2) is 43.9 Å². The molecular weight excluding hydrogens is 230 g/mol. The molecule has 0 aliphatic rings. The van der Waals surface area contributed by atoms with E-state index in [0.29, 0.717) is 12.4 Å². The highest BCUT2D eigenvalue weighted by Crippen LogP contribution is 2.30. The number of rotatable bonds is 7. The van der Waals surface area contributed by atoms with Gasteiger partial charge in [-0.3, -0.25) is 4.90 Å². The van der Waals surface area contributed by atoms with Crippen molar-refractivity contribution >= 4 is 0 Å². The van der Waals surface area contributed by atoms with Crippen molar-refractivity contribution in [1.29, 1.82) is 0 Å². The lowest BCUT2D eigenvalue weighted by atomic mass is 10.1. The molecule has 0 bridgehead atoms. The SMILES string of the molecule is CCN(CCOC)C(C)c1ccc(O)c(OC)c1.